The Morgan fingerprint density at radius 1 is 1.12 bits per heavy atom. The molecule has 0 radical (unpaired) electrons. The molecule has 0 N–H and O–H groups in total. The van der Waals surface area contributed by atoms with Gasteiger partial charge in [0, 0.05) is 16.8 Å². The number of hydrogen-bond donors (Lipinski definition) is 0. The molecule has 3 aromatic rings. The number of allylic oxidation sites excluding steroid dienone is 2. The molecule has 0 amide bonds. The van der Waals surface area contributed by atoms with Gasteiger partial charge in [0.15, 0.2) is 0 Å². The third-order valence-corrected chi connectivity index (χ3v) is 4.46. The van der Waals surface area contributed by atoms with Gasteiger partial charge in [0.25, 0.3) is 0 Å². The molecule has 3 rings (SSSR count). The van der Waals surface area contributed by atoms with Gasteiger partial charge in [-0.1, -0.05) is 48.6 Å². The van der Waals surface area contributed by atoms with Crippen LogP contribution in [0.5, 0.6) is 5.75 Å². The Bertz CT molecular complexity index is 905. The Hall–Kier alpha value is -3.07. The van der Waals surface area contributed by atoms with Gasteiger partial charge in [-0.25, -0.2) is 4.68 Å². The number of rotatable bonds is 7. The van der Waals surface area contributed by atoms with Crippen LogP contribution in [-0.4, -0.2) is 16.9 Å². The van der Waals surface area contributed by atoms with Crippen molar-refractivity contribution in [3.8, 4) is 22.7 Å². The molecule has 0 aliphatic carbocycles. The van der Waals surface area contributed by atoms with Crippen LogP contribution in [0.4, 0.5) is 0 Å². The number of aromatic nitrogens is 2. The van der Waals surface area contributed by atoms with Crippen molar-refractivity contribution >= 4 is 0 Å². The molecular weight excluding hydrogens is 320 g/mol. The maximum atomic E-state index is 5.26. The summed E-state index contributed by atoms with van der Waals surface area (Å²) >= 11 is 0. The van der Waals surface area contributed by atoms with Crippen molar-refractivity contribution in [3.63, 3.8) is 0 Å². The lowest BCUT2D eigenvalue weighted by Crippen LogP contribution is -2.00. The monoisotopic (exact) mass is 344 g/mol. The van der Waals surface area contributed by atoms with Crippen LogP contribution in [0.2, 0.25) is 0 Å². The molecule has 0 aliphatic rings. The smallest absolute Gasteiger partial charge is 0.119 e. The summed E-state index contributed by atoms with van der Waals surface area (Å²) in [6.07, 6.45) is 3.49. The van der Waals surface area contributed by atoms with Crippen LogP contribution in [0.1, 0.15) is 17.7 Å². The predicted octanol–water partition coefficient (Wildman–Crippen LogP) is 5.53. The van der Waals surface area contributed by atoms with E-state index >= 15 is 0 Å². The molecule has 3 nitrogen and oxygen atoms in total. The van der Waals surface area contributed by atoms with E-state index in [9.17, 15) is 0 Å². The second kappa shape index (κ2) is 7.87. The fraction of sp³-hybridized carbons (Fsp3) is 0.174. The molecule has 132 valence electrons. The van der Waals surface area contributed by atoms with Crippen LogP contribution in [0, 0.1) is 6.92 Å². The number of benzene rings is 2. The molecule has 1 aromatic heterocycles. The van der Waals surface area contributed by atoms with Crippen molar-refractivity contribution < 1.29 is 4.74 Å². The SMILES string of the molecule is C=CCC(=C)Cc1c(-c2ccccc2)nn(-c2ccc(OC)cc2)c1C. The van der Waals surface area contributed by atoms with E-state index in [-0.39, 0.29) is 0 Å². The van der Waals surface area contributed by atoms with Crippen LogP contribution in [0.3, 0.4) is 0 Å². The number of methoxy groups -OCH3 is 1. The van der Waals surface area contributed by atoms with Crippen molar-refractivity contribution in [1.82, 2.24) is 9.78 Å². The van der Waals surface area contributed by atoms with Gasteiger partial charge < -0.3 is 4.74 Å². The third-order valence-electron chi connectivity index (χ3n) is 4.46. The maximum Gasteiger partial charge on any atom is 0.119 e. The van der Waals surface area contributed by atoms with E-state index in [0.717, 1.165) is 46.8 Å². The van der Waals surface area contributed by atoms with E-state index in [4.69, 9.17) is 9.84 Å². The molecule has 0 spiro atoms. The highest BCUT2D eigenvalue weighted by molar-refractivity contribution is 5.65. The minimum atomic E-state index is 0.790. The standard InChI is InChI=1S/C23H24N2O/c1-5-9-17(2)16-22-18(3)25(20-12-14-21(26-4)15-13-20)24-23(22)19-10-7-6-8-11-19/h5-8,10-15H,1-2,9,16H2,3-4H3. The van der Waals surface area contributed by atoms with Crippen molar-refractivity contribution in [2.75, 3.05) is 7.11 Å². The van der Waals surface area contributed by atoms with E-state index in [1.54, 1.807) is 7.11 Å². The normalized spacial score (nSPS) is 10.5. The molecule has 0 saturated carbocycles. The van der Waals surface area contributed by atoms with Crippen molar-refractivity contribution in [2.24, 2.45) is 0 Å². The van der Waals surface area contributed by atoms with Crippen molar-refractivity contribution in [3.05, 3.63) is 90.7 Å². The Balaban J connectivity index is 2.09. The molecule has 0 bridgehead atoms. The lowest BCUT2D eigenvalue weighted by Gasteiger charge is -2.07. The summed E-state index contributed by atoms with van der Waals surface area (Å²) in [5.41, 5.74) is 6.60. The number of nitrogens with zero attached hydrogens (tertiary/aromatic N) is 2. The zero-order valence-electron chi connectivity index (χ0n) is 15.4. The Morgan fingerprint density at radius 3 is 2.42 bits per heavy atom. The van der Waals surface area contributed by atoms with Gasteiger partial charge in [0.2, 0.25) is 0 Å². The quantitative estimate of drug-likeness (QED) is 0.527. The largest absolute Gasteiger partial charge is 0.497 e. The minimum absolute atomic E-state index is 0.790. The maximum absolute atomic E-state index is 5.26. The lowest BCUT2D eigenvalue weighted by molar-refractivity contribution is 0.414. The number of hydrogen-bond acceptors (Lipinski definition) is 2. The average molecular weight is 344 g/mol. The zero-order valence-corrected chi connectivity index (χ0v) is 15.4. The topological polar surface area (TPSA) is 27.1 Å². The van der Waals surface area contributed by atoms with Gasteiger partial charge >= 0.3 is 0 Å². The van der Waals surface area contributed by atoms with Crippen LogP contribution < -0.4 is 4.74 Å². The second-order valence-corrected chi connectivity index (χ2v) is 6.31. The highest BCUT2D eigenvalue weighted by Gasteiger charge is 2.17. The van der Waals surface area contributed by atoms with Crippen molar-refractivity contribution in [2.45, 2.75) is 19.8 Å². The molecule has 1 heterocycles. The van der Waals surface area contributed by atoms with Crippen LogP contribution >= 0.6 is 0 Å². The highest BCUT2D eigenvalue weighted by atomic mass is 16.5. The Labute approximate surface area is 155 Å². The first-order valence-corrected chi connectivity index (χ1v) is 8.70. The minimum Gasteiger partial charge on any atom is -0.497 e. The Kier molecular flexibility index (Phi) is 5.37. The van der Waals surface area contributed by atoms with Gasteiger partial charge in [0.1, 0.15) is 5.75 Å². The molecule has 0 aliphatic heterocycles. The fourth-order valence-electron chi connectivity index (χ4n) is 3.08. The third kappa shape index (κ3) is 3.62. The Morgan fingerprint density at radius 2 is 1.81 bits per heavy atom. The van der Waals surface area contributed by atoms with Gasteiger partial charge in [-0.05, 0) is 44.0 Å². The molecule has 0 fully saturated rings. The average Bonchev–Trinajstić information content (AvgIpc) is 2.99. The molecule has 0 saturated heterocycles. The summed E-state index contributed by atoms with van der Waals surface area (Å²) < 4.78 is 7.26. The second-order valence-electron chi connectivity index (χ2n) is 6.31. The zero-order chi connectivity index (χ0) is 18.5. The van der Waals surface area contributed by atoms with Crippen LogP contribution in [0.15, 0.2) is 79.4 Å². The van der Waals surface area contributed by atoms with E-state index < -0.39 is 0 Å². The molecule has 3 heteroatoms. The van der Waals surface area contributed by atoms with Gasteiger partial charge in [0.05, 0.1) is 18.5 Å². The summed E-state index contributed by atoms with van der Waals surface area (Å²) in [6.45, 7) is 10.1. The van der Waals surface area contributed by atoms with E-state index in [2.05, 4.69) is 32.2 Å². The van der Waals surface area contributed by atoms with Gasteiger partial charge in [-0.3, -0.25) is 0 Å². The van der Waals surface area contributed by atoms with E-state index in [1.165, 1.54) is 5.56 Å². The van der Waals surface area contributed by atoms with E-state index in [0.29, 0.717) is 0 Å². The molecule has 0 atom stereocenters. The molecule has 0 unspecified atom stereocenters. The lowest BCUT2D eigenvalue weighted by atomic mass is 9.98. The number of ether oxygens (including phenoxy) is 1. The van der Waals surface area contributed by atoms with Crippen LogP contribution in [-0.2, 0) is 6.42 Å². The molecule has 2 aromatic carbocycles. The summed E-state index contributed by atoms with van der Waals surface area (Å²) in [5.74, 6) is 0.835. The summed E-state index contributed by atoms with van der Waals surface area (Å²) in [5, 5.41) is 4.93. The summed E-state index contributed by atoms with van der Waals surface area (Å²) in [6, 6.07) is 18.3. The predicted molar refractivity (Wildman–Crippen MR) is 108 cm³/mol. The van der Waals surface area contributed by atoms with Gasteiger partial charge in [-0.15, -0.1) is 6.58 Å². The summed E-state index contributed by atoms with van der Waals surface area (Å²) in [4.78, 5) is 0. The first-order valence-electron chi connectivity index (χ1n) is 8.70. The van der Waals surface area contributed by atoms with Gasteiger partial charge in [-0.2, -0.15) is 5.10 Å². The summed E-state index contributed by atoms with van der Waals surface area (Å²) in [7, 11) is 1.67. The molecular formula is C23H24N2O. The first kappa shape index (κ1) is 17.7. The first-order chi connectivity index (χ1) is 12.6. The fourth-order valence-corrected chi connectivity index (χ4v) is 3.08. The van der Waals surface area contributed by atoms with Crippen molar-refractivity contribution in [1.29, 1.82) is 0 Å². The van der Waals surface area contributed by atoms with E-state index in [1.807, 2.05) is 53.2 Å². The molecule has 26 heavy (non-hydrogen) atoms. The highest BCUT2D eigenvalue weighted by Crippen LogP contribution is 2.30. The van der Waals surface area contributed by atoms with Crippen LogP contribution in [0.25, 0.3) is 16.9 Å².